The summed E-state index contributed by atoms with van der Waals surface area (Å²) in [5.74, 6) is 1.69. The molecule has 3 aromatic rings. The smallest absolute Gasteiger partial charge is 0.199 e. The van der Waals surface area contributed by atoms with Crippen molar-refractivity contribution in [1.29, 1.82) is 0 Å². The van der Waals surface area contributed by atoms with Crippen molar-refractivity contribution in [2.45, 2.75) is 43.8 Å². The van der Waals surface area contributed by atoms with Crippen molar-refractivity contribution in [3.05, 3.63) is 77.7 Å². The number of Topliss-reactive ketones (excluding diaryl/α,β-unsaturated/α-hetero) is 1. The summed E-state index contributed by atoms with van der Waals surface area (Å²) in [7, 11) is 1.98. The topological polar surface area (TPSA) is 86.6 Å². The van der Waals surface area contributed by atoms with E-state index in [0.717, 1.165) is 68.9 Å². The minimum absolute atomic E-state index is 0. The Morgan fingerprint density at radius 1 is 0.878 bits per heavy atom. The maximum Gasteiger partial charge on any atom is 0.199 e. The molecule has 0 unspecified atom stereocenters. The monoisotopic (exact) mass is 600 g/mol. The lowest BCUT2D eigenvalue weighted by atomic mass is 9.79. The van der Waals surface area contributed by atoms with E-state index in [2.05, 4.69) is 34.1 Å². The van der Waals surface area contributed by atoms with Gasteiger partial charge in [-0.05, 0) is 57.4 Å². The highest BCUT2D eigenvalue weighted by Crippen LogP contribution is 2.48. The van der Waals surface area contributed by atoms with Crippen molar-refractivity contribution in [3.8, 4) is 22.8 Å². The number of piperidine rings is 2. The summed E-state index contributed by atoms with van der Waals surface area (Å²) in [5, 5.41) is 11.4. The van der Waals surface area contributed by atoms with Gasteiger partial charge in [0.2, 0.25) is 0 Å². The highest BCUT2D eigenvalue weighted by atomic mass is 35.5. The second kappa shape index (κ2) is 12.9. The Morgan fingerprint density at radius 2 is 1.41 bits per heavy atom. The van der Waals surface area contributed by atoms with Crippen LogP contribution in [-0.2, 0) is 17.4 Å². The van der Waals surface area contributed by atoms with Gasteiger partial charge in [-0.15, -0.1) is 24.8 Å². The van der Waals surface area contributed by atoms with Crippen molar-refractivity contribution in [3.63, 3.8) is 0 Å². The van der Waals surface area contributed by atoms with Crippen molar-refractivity contribution in [2.75, 3.05) is 32.8 Å². The van der Waals surface area contributed by atoms with E-state index in [-0.39, 0.29) is 36.2 Å². The largest absolute Gasteiger partial charge is 0.501 e. The van der Waals surface area contributed by atoms with Gasteiger partial charge in [0.05, 0.1) is 24.0 Å². The number of hydrogen-bond acceptors (Lipinski definition) is 7. The maximum atomic E-state index is 12.7. The van der Waals surface area contributed by atoms with Crippen molar-refractivity contribution in [2.24, 2.45) is 7.05 Å². The zero-order valence-corrected chi connectivity index (χ0v) is 25.1. The van der Waals surface area contributed by atoms with Crippen LogP contribution in [0.2, 0.25) is 0 Å². The molecule has 5 heterocycles. The van der Waals surface area contributed by atoms with Gasteiger partial charge in [-0.1, -0.05) is 24.3 Å². The quantitative estimate of drug-likeness (QED) is 0.308. The molecule has 0 radical (unpaired) electrons. The number of rotatable bonds is 2. The van der Waals surface area contributed by atoms with E-state index < -0.39 is 5.60 Å². The van der Waals surface area contributed by atoms with Crippen LogP contribution in [0.5, 0.6) is 11.5 Å². The van der Waals surface area contributed by atoms with Crippen LogP contribution in [0.1, 0.15) is 48.5 Å². The van der Waals surface area contributed by atoms with Gasteiger partial charge in [0, 0.05) is 50.1 Å². The molecule has 2 fully saturated rings. The molecular formula is C31H38Cl2N4O4. The fraction of sp³-hybridized carbons (Fsp3) is 0.419. The van der Waals surface area contributed by atoms with E-state index in [4.69, 9.17) is 14.2 Å². The molecule has 41 heavy (non-hydrogen) atoms. The van der Waals surface area contributed by atoms with E-state index >= 15 is 0 Å². The van der Waals surface area contributed by atoms with Gasteiger partial charge in [-0.2, -0.15) is 5.10 Å². The second-order valence-electron chi connectivity index (χ2n) is 10.6. The van der Waals surface area contributed by atoms with Crippen LogP contribution in [-0.4, -0.2) is 54.0 Å². The zero-order valence-electron chi connectivity index (χ0n) is 23.5. The number of halogens is 2. The fourth-order valence-corrected chi connectivity index (χ4v) is 6.13. The highest BCUT2D eigenvalue weighted by Gasteiger charge is 2.46. The zero-order chi connectivity index (χ0) is 26.9. The lowest BCUT2D eigenvalue weighted by molar-refractivity contribution is 0.0307. The summed E-state index contributed by atoms with van der Waals surface area (Å²) in [6.45, 7) is 6.14. The Kier molecular flexibility index (Phi) is 9.70. The molecule has 4 aliphatic heterocycles. The Bertz CT molecular complexity index is 1390. The molecular weight excluding hydrogens is 563 g/mol. The van der Waals surface area contributed by atoms with Gasteiger partial charge in [0.15, 0.2) is 5.78 Å². The van der Waals surface area contributed by atoms with E-state index in [1.165, 1.54) is 5.56 Å². The lowest BCUT2D eigenvalue weighted by Gasteiger charge is -2.42. The molecule has 1 aromatic heterocycles. The minimum Gasteiger partial charge on any atom is -0.501 e. The summed E-state index contributed by atoms with van der Waals surface area (Å²) in [6, 6.07) is 15.7. The van der Waals surface area contributed by atoms with Crippen LogP contribution < -0.4 is 20.1 Å². The Morgan fingerprint density at radius 3 is 2.05 bits per heavy atom. The second-order valence-corrected chi connectivity index (χ2v) is 10.6. The van der Waals surface area contributed by atoms with Gasteiger partial charge in [0.1, 0.15) is 28.4 Å². The predicted molar refractivity (Wildman–Crippen MR) is 163 cm³/mol. The number of fused-ring (bicyclic) bond motifs is 5. The molecule has 220 valence electrons. The summed E-state index contributed by atoms with van der Waals surface area (Å²) < 4.78 is 19.9. The predicted octanol–water partition coefficient (Wildman–Crippen LogP) is 5.21. The molecule has 2 saturated heterocycles. The molecule has 0 aliphatic carbocycles. The molecule has 0 saturated carbocycles. The number of ketones is 1. The van der Waals surface area contributed by atoms with Crippen LogP contribution in [0, 0.1) is 0 Å². The number of para-hydroxylation sites is 2. The van der Waals surface area contributed by atoms with Crippen molar-refractivity contribution in [1.82, 2.24) is 20.4 Å². The third-order valence-corrected chi connectivity index (χ3v) is 8.13. The number of nitrogens with one attached hydrogen (secondary N) is 2. The van der Waals surface area contributed by atoms with E-state index in [1.54, 1.807) is 6.26 Å². The standard InChI is InChI=1S/C16H19NO3.C15H17N3O.2ClH/c1-2-19-11-13-15(18)12-5-3-4-6-14(12)20-16(13)7-9-17-10-8-16;1-18-10-12-14(17-18)11-4-2-3-5-13(11)19-15(12)6-8-16-9-7-15;;/h3-6,11,17H,2,7-10H2,1H3;2-5,10,16H,6-9H2,1H3;2*1H/b13-11+;;;. The molecule has 0 amide bonds. The first-order chi connectivity index (χ1) is 19.1. The van der Waals surface area contributed by atoms with Crippen molar-refractivity contribution >= 4 is 30.6 Å². The number of nitrogens with zero attached hydrogens (tertiary/aromatic N) is 2. The molecule has 4 aliphatic rings. The normalized spacial score (nSPS) is 20.0. The molecule has 0 atom stereocenters. The average Bonchev–Trinajstić information content (AvgIpc) is 3.37. The van der Waals surface area contributed by atoms with Gasteiger partial charge < -0.3 is 24.8 Å². The first-order valence-electron chi connectivity index (χ1n) is 13.9. The summed E-state index contributed by atoms with van der Waals surface area (Å²) in [5.41, 5.74) is 4.00. The van der Waals surface area contributed by atoms with Crippen LogP contribution in [0.25, 0.3) is 11.3 Å². The van der Waals surface area contributed by atoms with E-state index in [0.29, 0.717) is 23.5 Å². The number of hydrogen-bond donors (Lipinski definition) is 2. The number of aryl methyl sites for hydroxylation is 1. The summed E-state index contributed by atoms with van der Waals surface area (Å²) >= 11 is 0. The van der Waals surface area contributed by atoms with Crippen molar-refractivity contribution < 1.29 is 19.0 Å². The Hall–Kier alpha value is -3.04. The number of aromatic nitrogens is 2. The molecule has 2 aromatic carbocycles. The Labute approximate surface area is 253 Å². The number of ether oxygens (including phenoxy) is 3. The first kappa shape index (κ1) is 30.9. The van der Waals surface area contributed by atoms with Gasteiger partial charge in [-0.3, -0.25) is 9.48 Å². The minimum atomic E-state index is -0.536. The first-order valence-corrected chi connectivity index (χ1v) is 13.9. The van der Waals surface area contributed by atoms with Crippen LogP contribution in [0.3, 0.4) is 0 Å². The Balaban J connectivity index is 0.000000180. The SMILES string of the molecule is CCO/C=C1\C(=O)c2ccccc2OC12CCNCC2.Cl.Cl.Cn1cc2c(n1)-c1ccccc1OC21CCNCC1. The average molecular weight is 602 g/mol. The fourth-order valence-electron chi connectivity index (χ4n) is 6.13. The molecule has 7 rings (SSSR count). The van der Waals surface area contributed by atoms with Crippen LogP contribution >= 0.6 is 24.8 Å². The third kappa shape index (κ3) is 5.71. The number of carbonyl (C=O) groups excluding carboxylic acids is 1. The van der Waals surface area contributed by atoms with Crippen LogP contribution in [0.15, 0.2) is 66.6 Å². The summed E-state index contributed by atoms with van der Waals surface area (Å²) in [6.07, 6.45) is 7.29. The van der Waals surface area contributed by atoms with Gasteiger partial charge >= 0.3 is 0 Å². The number of benzene rings is 2. The summed E-state index contributed by atoms with van der Waals surface area (Å²) in [4.78, 5) is 12.7. The van der Waals surface area contributed by atoms with E-state index in [9.17, 15) is 4.79 Å². The maximum absolute atomic E-state index is 12.7. The lowest BCUT2D eigenvalue weighted by Crippen LogP contribution is -2.51. The molecule has 10 heteroatoms. The molecule has 0 bridgehead atoms. The van der Waals surface area contributed by atoms with Gasteiger partial charge in [-0.25, -0.2) is 0 Å². The molecule has 8 nitrogen and oxygen atoms in total. The highest BCUT2D eigenvalue weighted by molar-refractivity contribution is 6.12. The number of carbonyl (C=O) groups is 1. The molecule has 2 spiro atoms. The molecule has 2 N–H and O–H groups in total. The van der Waals surface area contributed by atoms with E-state index in [1.807, 2.05) is 55.1 Å². The third-order valence-electron chi connectivity index (χ3n) is 8.13. The van der Waals surface area contributed by atoms with Gasteiger partial charge in [0.25, 0.3) is 0 Å². The van der Waals surface area contributed by atoms with Crippen LogP contribution in [0.4, 0.5) is 0 Å².